The average molecular weight is 217 g/mol. The van der Waals surface area contributed by atoms with Crippen LogP contribution < -0.4 is 5.56 Å². The minimum absolute atomic E-state index is 0.0326. The Morgan fingerprint density at radius 2 is 2.14 bits per heavy atom. The first kappa shape index (κ1) is 10.8. The highest BCUT2D eigenvalue weighted by Gasteiger charge is 2.10. The van der Waals surface area contributed by atoms with Gasteiger partial charge in [-0.05, 0) is 12.1 Å². The molecule has 1 aromatic rings. The maximum atomic E-state index is 11.2. The van der Waals surface area contributed by atoms with E-state index in [1.165, 1.54) is 25.3 Å². The fraction of sp³-hybridized carbons (Fsp3) is 0.375. The minimum Gasteiger partial charge on any atom is -0.503 e. The predicted octanol–water partition coefficient (Wildman–Crippen LogP) is -0.0539. The number of aromatic nitrogens is 1. The summed E-state index contributed by atoms with van der Waals surface area (Å²) in [6, 6.07) is 2.64. The Morgan fingerprint density at radius 1 is 1.50 bits per heavy atom. The van der Waals surface area contributed by atoms with Crippen LogP contribution in [-0.2, 0) is 15.7 Å². The van der Waals surface area contributed by atoms with Crippen LogP contribution in [0.5, 0.6) is 5.75 Å². The van der Waals surface area contributed by atoms with Crippen molar-refractivity contribution in [3.8, 4) is 5.75 Å². The summed E-state index contributed by atoms with van der Waals surface area (Å²) in [7, 11) is -3.26. The third-order valence-corrected chi connectivity index (χ3v) is 3.33. The van der Waals surface area contributed by atoms with Gasteiger partial charge in [0.25, 0.3) is 5.56 Å². The van der Waals surface area contributed by atoms with Crippen molar-refractivity contribution < 1.29 is 13.5 Å². The maximum absolute atomic E-state index is 11.2. The first-order valence-electron chi connectivity index (χ1n) is 4.05. The number of nitrogens with zero attached hydrogens (tertiary/aromatic N) is 1. The van der Waals surface area contributed by atoms with E-state index in [0.717, 1.165) is 4.57 Å². The summed E-state index contributed by atoms with van der Waals surface area (Å²) in [5.41, 5.74) is -0.690. The van der Waals surface area contributed by atoms with E-state index in [2.05, 4.69) is 0 Å². The summed E-state index contributed by atoms with van der Waals surface area (Å²) in [6.07, 6.45) is 1.33. The van der Waals surface area contributed by atoms with Crippen LogP contribution in [0, 0.1) is 0 Å². The highest BCUT2D eigenvalue weighted by molar-refractivity contribution is 7.90. The molecular formula is C8H11NO4S. The summed E-state index contributed by atoms with van der Waals surface area (Å²) in [4.78, 5) is 11.2. The minimum atomic E-state index is -3.26. The van der Waals surface area contributed by atoms with Gasteiger partial charge < -0.3 is 5.11 Å². The van der Waals surface area contributed by atoms with Gasteiger partial charge in [-0.2, -0.15) is 0 Å². The van der Waals surface area contributed by atoms with Gasteiger partial charge in [0.1, 0.15) is 5.88 Å². The van der Waals surface area contributed by atoms with Gasteiger partial charge in [-0.25, -0.2) is 8.42 Å². The molecule has 0 unspecified atom stereocenters. The van der Waals surface area contributed by atoms with E-state index in [4.69, 9.17) is 5.11 Å². The largest absolute Gasteiger partial charge is 0.503 e. The first-order valence-corrected chi connectivity index (χ1v) is 5.87. The molecule has 0 aliphatic rings. The molecular weight excluding hydrogens is 206 g/mol. The van der Waals surface area contributed by atoms with Crippen LogP contribution in [0.3, 0.4) is 0 Å². The zero-order valence-electron chi connectivity index (χ0n) is 7.67. The summed E-state index contributed by atoms with van der Waals surface area (Å²) in [5, 5.41) is 9.04. The highest BCUT2D eigenvalue weighted by Crippen LogP contribution is 2.00. The summed E-state index contributed by atoms with van der Waals surface area (Å²) in [6.45, 7) is 1.50. The molecule has 5 nitrogen and oxygen atoms in total. The van der Waals surface area contributed by atoms with Crippen LogP contribution in [0.15, 0.2) is 23.1 Å². The van der Waals surface area contributed by atoms with Crippen LogP contribution in [0.4, 0.5) is 0 Å². The number of hydrogen-bond acceptors (Lipinski definition) is 4. The van der Waals surface area contributed by atoms with Gasteiger partial charge in [0.05, 0.1) is 0 Å². The molecule has 0 bridgehead atoms. The predicted molar refractivity (Wildman–Crippen MR) is 51.8 cm³/mol. The molecule has 0 saturated heterocycles. The number of aromatic hydroxyl groups is 1. The number of sulfone groups is 1. The molecule has 1 rings (SSSR count). The van der Waals surface area contributed by atoms with Crippen molar-refractivity contribution in [3.05, 3.63) is 28.7 Å². The Balaban J connectivity index is 3.11. The Labute approximate surface area is 81.5 Å². The van der Waals surface area contributed by atoms with E-state index in [1.54, 1.807) is 0 Å². The number of rotatable bonds is 3. The third kappa shape index (κ3) is 2.35. The molecule has 0 fully saturated rings. The number of pyridine rings is 1. The van der Waals surface area contributed by atoms with Crippen LogP contribution in [0.1, 0.15) is 6.92 Å². The first-order chi connectivity index (χ1) is 6.46. The van der Waals surface area contributed by atoms with Crippen molar-refractivity contribution in [1.82, 2.24) is 4.57 Å². The molecule has 0 radical (unpaired) electrons. The Kier molecular flexibility index (Phi) is 2.95. The fourth-order valence-electron chi connectivity index (χ4n) is 0.929. The van der Waals surface area contributed by atoms with Gasteiger partial charge in [-0.15, -0.1) is 0 Å². The monoisotopic (exact) mass is 217 g/mol. The molecule has 0 aliphatic heterocycles. The van der Waals surface area contributed by atoms with Crippen molar-refractivity contribution in [2.24, 2.45) is 0 Å². The van der Waals surface area contributed by atoms with Gasteiger partial charge in [0.15, 0.2) is 15.6 Å². The van der Waals surface area contributed by atoms with E-state index >= 15 is 0 Å². The fourth-order valence-corrected chi connectivity index (χ4v) is 1.74. The molecule has 0 saturated carbocycles. The van der Waals surface area contributed by atoms with Gasteiger partial charge in [-0.1, -0.05) is 6.92 Å². The average Bonchev–Trinajstić information content (AvgIpc) is 2.13. The molecule has 0 amide bonds. The van der Waals surface area contributed by atoms with Crippen molar-refractivity contribution in [1.29, 1.82) is 0 Å². The van der Waals surface area contributed by atoms with Gasteiger partial charge in [-0.3, -0.25) is 9.36 Å². The second kappa shape index (κ2) is 3.83. The van der Waals surface area contributed by atoms with E-state index in [-0.39, 0.29) is 5.75 Å². The van der Waals surface area contributed by atoms with E-state index in [0.29, 0.717) is 0 Å². The smallest absolute Gasteiger partial charge is 0.293 e. The molecule has 1 heterocycles. The third-order valence-electron chi connectivity index (χ3n) is 1.78. The Morgan fingerprint density at radius 3 is 2.71 bits per heavy atom. The molecule has 6 heteroatoms. The quantitative estimate of drug-likeness (QED) is 0.770. The highest BCUT2D eigenvalue weighted by atomic mass is 32.2. The van der Waals surface area contributed by atoms with Crippen molar-refractivity contribution in [2.45, 2.75) is 12.8 Å². The lowest BCUT2D eigenvalue weighted by Gasteiger charge is -2.04. The van der Waals surface area contributed by atoms with Crippen molar-refractivity contribution in [2.75, 3.05) is 5.75 Å². The van der Waals surface area contributed by atoms with Crippen molar-refractivity contribution in [3.63, 3.8) is 0 Å². The van der Waals surface area contributed by atoms with E-state index < -0.39 is 27.0 Å². The summed E-state index contributed by atoms with van der Waals surface area (Å²) in [5.74, 6) is -0.870. The lowest BCUT2D eigenvalue weighted by molar-refractivity contribution is 0.460. The zero-order valence-corrected chi connectivity index (χ0v) is 8.49. The SMILES string of the molecule is CCS(=O)(=O)Cn1cccc(O)c1=O. The molecule has 0 aromatic carbocycles. The second-order valence-corrected chi connectivity index (χ2v) is 5.15. The van der Waals surface area contributed by atoms with E-state index in [9.17, 15) is 13.2 Å². The number of hydrogen-bond donors (Lipinski definition) is 1. The van der Waals surface area contributed by atoms with Gasteiger partial charge in [0, 0.05) is 11.9 Å². The second-order valence-electron chi connectivity index (χ2n) is 2.83. The van der Waals surface area contributed by atoms with Crippen molar-refractivity contribution >= 4 is 9.84 Å². The molecule has 14 heavy (non-hydrogen) atoms. The molecule has 0 spiro atoms. The Bertz CT molecular complexity index is 474. The van der Waals surface area contributed by atoms with Gasteiger partial charge >= 0.3 is 0 Å². The van der Waals surface area contributed by atoms with Crippen LogP contribution in [0.25, 0.3) is 0 Å². The lowest BCUT2D eigenvalue weighted by atomic mass is 10.4. The normalized spacial score (nSPS) is 11.5. The molecule has 78 valence electrons. The topological polar surface area (TPSA) is 76.4 Å². The zero-order chi connectivity index (χ0) is 10.8. The molecule has 0 aliphatic carbocycles. The lowest BCUT2D eigenvalue weighted by Crippen LogP contribution is -2.24. The standard InChI is InChI=1S/C8H11NO4S/c1-2-14(12,13)6-9-5-3-4-7(10)8(9)11/h3-5,10H,2,6H2,1H3. The summed E-state index contributed by atoms with van der Waals surface area (Å²) >= 11 is 0. The Hall–Kier alpha value is -1.30. The molecule has 0 atom stereocenters. The summed E-state index contributed by atoms with van der Waals surface area (Å²) < 4.78 is 23.3. The van der Waals surface area contributed by atoms with Crippen LogP contribution >= 0.6 is 0 Å². The van der Waals surface area contributed by atoms with Gasteiger partial charge in [0.2, 0.25) is 0 Å². The maximum Gasteiger partial charge on any atom is 0.293 e. The van der Waals surface area contributed by atoms with Crippen LogP contribution in [0.2, 0.25) is 0 Å². The molecule has 1 N–H and O–H groups in total. The van der Waals surface area contributed by atoms with E-state index in [1.807, 2.05) is 0 Å². The molecule has 1 aromatic heterocycles. The van der Waals surface area contributed by atoms with Crippen LogP contribution in [-0.4, -0.2) is 23.8 Å².